The van der Waals surface area contributed by atoms with Gasteiger partial charge in [-0.1, -0.05) is 200 Å². The van der Waals surface area contributed by atoms with Crippen molar-refractivity contribution in [2.45, 2.75) is 38.5 Å². The summed E-state index contributed by atoms with van der Waals surface area (Å²) in [5.41, 5.74) is 19.9. The molecule has 3 aliphatic carbocycles. The van der Waals surface area contributed by atoms with Gasteiger partial charge in [-0.25, -0.2) is 0 Å². The van der Waals surface area contributed by atoms with Crippen LogP contribution in [0.5, 0.6) is 0 Å². The molecule has 0 amide bonds. The highest BCUT2D eigenvalue weighted by Gasteiger charge is 2.26. The number of anilines is 5. The van der Waals surface area contributed by atoms with Crippen LogP contribution in [-0.4, -0.2) is 0 Å². The topological polar surface area (TPSA) is 6.48 Å². The van der Waals surface area contributed by atoms with Crippen molar-refractivity contribution in [2.24, 2.45) is 0 Å². The van der Waals surface area contributed by atoms with Gasteiger partial charge in [0.25, 0.3) is 0 Å². The van der Waals surface area contributed by atoms with E-state index in [0.717, 1.165) is 67.0 Å². The van der Waals surface area contributed by atoms with Gasteiger partial charge in [0.05, 0.1) is 5.69 Å². The van der Waals surface area contributed by atoms with Crippen molar-refractivity contribution in [1.29, 1.82) is 0 Å². The van der Waals surface area contributed by atoms with Gasteiger partial charge in [0.15, 0.2) is 0 Å². The van der Waals surface area contributed by atoms with Crippen molar-refractivity contribution >= 4 is 82.7 Å². The van der Waals surface area contributed by atoms with Crippen LogP contribution < -0.4 is 9.80 Å². The molecule has 0 N–H and O–H groups in total. The van der Waals surface area contributed by atoms with E-state index in [1.165, 1.54) is 104 Å². The second kappa shape index (κ2) is 19.6. The van der Waals surface area contributed by atoms with Crippen LogP contribution in [0.2, 0.25) is 0 Å². The Bertz CT molecular complexity index is 4220. The zero-order valence-corrected chi connectivity index (χ0v) is 42.5. The maximum absolute atomic E-state index is 2.54. The monoisotopic (exact) mass is 972 g/mol. The molecule has 11 aromatic rings. The van der Waals surface area contributed by atoms with Crippen LogP contribution in [0, 0.1) is 0 Å². The van der Waals surface area contributed by atoms with Crippen LogP contribution in [0.15, 0.2) is 278 Å². The van der Waals surface area contributed by atoms with Gasteiger partial charge in [-0.05, 0) is 199 Å². The Kier molecular flexibility index (Phi) is 11.7. The quantitative estimate of drug-likeness (QED) is 0.126. The summed E-state index contributed by atoms with van der Waals surface area (Å²) in [7, 11) is 0. The minimum atomic E-state index is 0.937. The predicted molar refractivity (Wildman–Crippen MR) is 325 cm³/mol. The predicted octanol–water partition coefficient (Wildman–Crippen LogP) is 20.6. The fraction of sp³-hybridized carbons (Fsp3) is 0.0811. The molecule has 0 bridgehead atoms. The molecule has 0 saturated carbocycles. The fourth-order valence-electron chi connectivity index (χ4n) is 12.5. The van der Waals surface area contributed by atoms with E-state index < -0.39 is 0 Å². The molecule has 0 radical (unpaired) electrons. The molecule has 0 aliphatic heterocycles. The summed E-state index contributed by atoms with van der Waals surface area (Å²) in [6.07, 6.45) is 20.6. The molecule has 0 spiro atoms. The first-order valence-corrected chi connectivity index (χ1v) is 27.1. The van der Waals surface area contributed by atoms with Crippen LogP contribution in [0.4, 0.5) is 28.4 Å². The number of rotatable bonds is 10. The normalized spacial score (nSPS) is 14.3. The maximum Gasteiger partial charge on any atom is 0.0540 e. The van der Waals surface area contributed by atoms with Crippen LogP contribution >= 0.6 is 0 Å². The summed E-state index contributed by atoms with van der Waals surface area (Å²) < 4.78 is 0. The number of hydrogen-bond acceptors (Lipinski definition) is 2. The van der Waals surface area contributed by atoms with Crippen molar-refractivity contribution in [3.63, 3.8) is 0 Å². The van der Waals surface area contributed by atoms with Gasteiger partial charge >= 0.3 is 0 Å². The molecule has 3 aliphatic rings. The second-order valence-electron chi connectivity index (χ2n) is 20.4. The third-order valence-corrected chi connectivity index (χ3v) is 15.9. The first-order valence-electron chi connectivity index (χ1n) is 27.1. The number of aryl methyl sites for hydroxylation is 1. The molecule has 0 unspecified atom stereocenters. The third-order valence-electron chi connectivity index (χ3n) is 15.9. The maximum atomic E-state index is 2.54. The van der Waals surface area contributed by atoms with Crippen molar-refractivity contribution in [3.05, 3.63) is 295 Å². The van der Waals surface area contributed by atoms with Crippen LogP contribution in [0.25, 0.3) is 76.5 Å². The molecular weight excluding hydrogens is 917 g/mol. The Morgan fingerprint density at radius 1 is 0.342 bits per heavy atom. The minimum Gasteiger partial charge on any atom is -0.311 e. The van der Waals surface area contributed by atoms with Gasteiger partial charge in [-0.3, -0.25) is 0 Å². The third kappa shape index (κ3) is 8.15. The number of para-hydroxylation sites is 2. The fourth-order valence-corrected chi connectivity index (χ4v) is 12.5. The minimum absolute atomic E-state index is 0.937. The highest BCUT2D eigenvalue weighted by molar-refractivity contribution is 6.21. The SMILES string of the molecule is C1=CC(N(c2ccccc2)c2ccc3c(-c4cccc(-c5cccc6ccccc56)c4)c4cc(N(c5ccccc5)c5cccc6ccccc56)ccc4c(C4=CC(C5=CCCc6ccccc65)=CCC4)c3c2)=CCC1. The van der Waals surface area contributed by atoms with E-state index >= 15 is 0 Å². The molecule has 11 aromatic carbocycles. The van der Waals surface area contributed by atoms with E-state index in [2.05, 4.69) is 277 Å². The average Bonchev–Trinajstić information content (AvgIpc) is 3.50. The van der Waals surface area contributed by atoms with Gasteiger partial charge in [0.1, 0.15) is 0 Å². The van der Waals surface area contributed by atoms with Gasteiger partial charge in [-0.2, -0.15) is 0 Å². The van der Waals surface area contributed by atoms with Gasteiger partial charge in [-0.15, -0.1) is 0 Å². The number of nitrogens with zero attached hydrogens (tertiary/aromatic N) is 2. The standard InChI is InChI=1S/C74H56N2/c1-4-31-58(32-5-1)75(59-33-6-2-7-34-59)61-43-45-68-70(49-61)73(56-29-16-27-54(47-56)65-40-18-24-51-21-10-13-37-63(51)65)69-46-44-62(76(60-35-8-3-9-36-60)72-42-20-26-53-23-12-15-39-67(53)72)50-71(69)74(68)57-30-17-28-55(48-57)66-41-19-25-52-22-11-14-38-64(52)66/h1,3-6,8-15,17,19-23,25-28,30-50H,2,7,16,18,24,29H2. The van der Waals surface area contributed by atoms with E-state index in [0.29, 0.717) is 0 Å². The summed E-state index contributed by atoms with van der Waals surface area (Å²) in [4.78, 5) is 4.92. The van der Waals surface area contributed by atoms with E-state index in [1.807, 2.05) is 0 Å². The van der Waals surface area contributed by atoms with E-state index in [-0.39, 0.29) is 0 Å². The van der Waals surface area contributed by atoms with Crippen LogP contribution in [0.3, 0.4) is 0 Å². The summed E-state index contributed by atoms with van der Waals surface area (Å²) in [6.45, 7) is 0. The second-order valence-corrected chi connectivity index (χ2v) is 20.4. The van der Waals surface area contributed by atoms with Gasteiger partial charge in [0.2, 0.25) is 0 Å². The summed E-state index contributed by atoms with van der Waals surface area (Å²) >= 11 is 0. The lowest BCUT2D eigenvalue weighted by Gasteiger charge is -2.30. The van der Waals surface area contributed by atoms with Crippen molar-refractivity contribution in [1.82, 2.24) is 0 Å². The lowest BCUT2D eigenvalue weighted by atomic mass is 9.80. The van der Waals surface area contributed by atoms with Crippen molar-refractivity contribution < 1.29 is 0 Å². The summed E-state index contributed by atoms with van der Waals surface area (Å²) in [5.74, 6) is 0. The Morgan fingerprint density at radius 2 is 0.947 bits per heavy atom. The molecule has 2 nitrogen and oxygen atoms in total. The number of hydrogen-bond donors (Lipinski definition) is 0. The summed E-state index contributed by atoms with van der Waals surface area (Å²) in [5, 5.41) is 9.87. The molecule has 0 heterocycles. The highest BCUT2D eigenvalue weighted by atomic mass is 15.2. The molecule has 362 valence electrons. The van der Waals surface area contributed by atoms with Crippen LogP contribution in [0.1, 0.15) is 48.8 Å². The van der Waals surface area contributed by atoms with Gasteiger partial charge in [0, 0.05) is 33.8 Å². The number of benzene rings is 11. The summed E-state index contributed by atoms with van der Waals surface area (Å²) in [6, 6.07) is 85.7. The molecule has 14 rings (SSSR count). The Hall–Kier alpha value is -9.24. The van der Waals surface area contributed by atoms with Gasteiger partial charge < -0.3 is 9.80 Å². The van der Waals surface area contributed by atoms with E-state index in [4.69, 9.17) is 0 Å². The number of allylic oxidation sites excluding steroid dienone is 9. The Balaban J connectivity index is 1.08. The highest BCUT2D eigenvalue weighted by Crippen LogP contribution is 2.50. The van der Waals surface area contributed by atoms with Crippen molar-refractivity contribution in [3.8, 4) is 22.3 Å². The lowest BCUT2D eigenvalue weighted by Crippen LogP contribution is -2.16. The molecular formula is C74H56N2. The first kappa shape index (κ1) is 45.4. The molecule has 2 heteroatoms. The molecule has 0 atom stereocenters. The van der Waals surface area contributed by atoms with E-state index in [1.54, 1.807) is 0 Å². The number of fused-ring (bicyclic) bond motifs is 5. The molecule has 0 fully saturated rings. The zero-order chi connectivity index (χ0) is 50.4. The average molecular weight is 973 g/mol. The Morgan fingerprint density at radius 3 is 1.74 bits per heavy atom. The van der Waals surface area contributed by atoms with Crippen LogP contribution in [-0.2, 0) is 6.42 Å². The molecule has 0 saturated heterocycles. The molecule has 0 aromatic heterocycles. The largest absolute Gasteiger partial charge is 0.311 e. The van der Waals surface area contributed by atoms with Crippen molar-refractivity contribution in [2.75, 3.05) is 9.80 Å². The lowest BCUT2D eigenvalue weighted by molar-refractivity contribution is 0.974. The smallest absolute Gasteiger partial charge is 0.0540 e. The molecule has 76 heavy (non-hydrogen) atoms. The first-order chi connectivity index (χ1) is 37.7. The Labute approximate surface area is 445 Å². The zero-order valence-electron chi connectivity index (χ0n) is 42.5. The van der Waals surface area contributed by atoms with E-state index in [9.17, 15) is 0 Å².